The van der Waals surface area contributed by atoms with Crippen LogP contribution in [0.15, 0.2) is 64.0 Å². The van der Waals surface area contributed by atoms with E-state index in [-0.39, 0.29) is 16.6 Å². The number of rotatable bonds is 11. The first-order valence-corrected chi connectivity index (χ1v) is 12.5. The molecule has 0 saturated carbocycles. The summed E-state index contributed by atoms with van der Waals surface area (Å²) in [5.74, 6) is 1.99. The van der Waals surface area contributed by atoms with Gasteiger partial charge in [-0.05, 0) is 67.3 Å². The van der Waals surface area contributed by atoms with Crippen molar-refractivity contribution in [1.82, 2.24) is 5.16 Å². The summed E-state index contributed by atoms with van der Waals surface area (Å²) in [6, 6.07) is 12.7. The van der Waals surface area contributed by atoms with Gasteiger partial charge < -0.3 is 19.3 Å². The molecule has 0 saturated heterocycles. The molecule has 2 aromatic carbocycles. The van der Waals surface area contributed by atoms with E-state index in [1.54, 1.807) is 26.2 Å². The Labute approximate surface area is 205 Å². The predicted molar refractivity (Wildman–Crippen MR) is 134 cm³/mol. The van der Waals surface area contributed by atoms with Crippen molar-refractivity contribution in [2.45, 2.75) is 32.1 Å². The number of hydrogen-bond donors (Lipinski definition) is 2. The summed E-state index contributed by atoms with van der Waals surface area (Å²) in [6.07, 6.45) is 3.97. The van der Waals surface area contributed by atoms with E-state index in [1.807, 2.05) is 12.1 Å². The average Bonchev–Trinajstić information content (AvgIpc) is 3.22. The zero-order valence-corrected chi connectivity index (χ0v) is 20.9. The van der Waals surface area contributed by atoms with Crippen LogP contribution in [0.4, 0.5) is 11.5 Å². The lowest BCUT2D eigenvalue weighted by Crippen LogP contribution is -2.13. The first kappa shape index (κ1) is 25.8. The number of amides is 1. The molecule has 0 bridgehead atoms. The van der Waals surface area contributed by atoms with Crippen LogP contribution in [0, 0.1) is 12.8 Å². The standard InChI is InChI=1S/C25H29N3O6S/c1-17(2)13-14-33-22-11-5-19(16-23(22)32-4)6-12-25(29)26-20-7-9-21(10-8-20)35(30,31)28-24-15-18(3)34-27-24/h5-12,15-17H,13-14H2,1-4H3,(H,26,29)(H,27,28). The monoisotopic (exact) mass is 499 g/mol. The van der Waals surface area contributed by atoms with E-state index in [4.69, 9.17) is 14.0 Å². The molecule has 0 unspecified atom stereocenters. The van der Waals surface area contributed by atoms with Crippen molar-refractivity contribution in [3.63, 3.8) is 0 Å². The van der Waals surface area contributed by atoms with Crippen LogP contribution in [0.2, 0.25) is 0 Å². The second-order valence-corrected chi connectivity index (χ2v) is 9.90. The van der Waals surface area contributed by atoms with E-state index in [1.165, 1.54) is 36.4 Å². The molecule has 0 aliphatic heterocycles. The van der Waals surface area contributed by atoms with Gasteiger partial charge in [0, 0.05) is 17.8 Å². The Balaban J connectivity index is 1.59. The smallest absolute Gasteiger partial charge is 0.263 e. The molecule has 0 fully saturated rings. The van der Waals surface area contributed by atoms with E-state index >= 15 is 0 Å². The Morgan fingerprint density at radius 2 is 1.86 bits per heavy atom. The average molecular weight is 500 g/mol. The maximum Gasteiger partial charge on any atom is 0.263 e. The summed E-state index contributed by atoms with van der Waals surface area (Å²) < 4.78 is 43.3. The lowest BCUT2D eigenvalue weighted by Gasteiger charge is -2.12. The van der Waals surface area contributed by atoms with Crippen LogP contribution >= 0.6 is 0 Å². The van der Waals surface area contributed by atoms with Gasteiger partial charge >= 0.3 is 0 Å². The molecular formula is C25H29N3O6S. The Hall–Kier alpha value is -3.79. The highest BCUT2D eigenvalue weighted by atomic mass is 32.2. The number of carbonyl (C=O) groups excluding carboxylic acids is 1. The van der Waals surface area contributed by atoms with Crippen molar-refractivity contribution < 1.29 is 27.2 Å². The van der Waals surface area contributed by atoms with E-state index in [0.717, 1.165) is 12.0 Å². The van der Waals surface area contributed by atoms with E-state index in [0.29, 0.717) is 35.5 Å². The number of hydrogen-bond acceptors (Lipinski definition) is 7. The van der Waals surface area contributed by atoms with E-state index in [2.05, 4.69) is 29.0 Å². The van der Waals surface area contributed by atoms with Crippen LogP contribution in [0.1, 0.15) is 31.6 Å². The molecule has 2 N–H and O–H groups in total. The molecule has 0 atom stereocenters. The Kier molecular flexibility index (Phi) is 8.53. The second-order valence-electron chi connectivity index (χ2n) is 8.22. The Morgan fingerprint density at radius 1 is 1.11 bits per heavy atom. The first-order valence-electron chi connectivity index (χ1n) is 11.0. The van der Waals surface area contributed by atoms with Gasteiger partial charge in [-0.3, -0.25) is 9.52 Å². The van der Waals surface area contributed by atoms with Gasteiger partial charge in [-0.25, -0.2) is 8.42 Å². The molecule has 35 heavy (non-hydrogen) atoms. The topological polar surface area (TPSA) is 120 Å². The van der Waals surface area contributed by atoms with Gasteiger partial charge in [0.2, 0.25) is 5.91 Å². The van der Waals surface area contributed by atoms with E-state index < -0.39 is 10.0 Å². The van der Waals surface area contributed by atoms with Gasteiger partial charge in [0.25, 0.3) is 10.0 Å². The number of nitrogens with one attached hydrogen (secondary N) is 2. The van der Waals surface area contributed by atoms with Crippen molar-refractivity contribution in [2.75, 3.05) is 23.8 Å². The number of aromatic nitrogens is 1. The number of aryl methyl sites for hydroxylation is 1. The zero-order valence-electron chi connectivity index (χ0n) is 20.1. The van der Waals surface area contributed by atoms with Crippen LogP contribution in [-0.2, 0) is 14.8 Å². The van der Waals surface area contributed by atoms with Crippen molar-refractivity contribution in [3.05, 3.63) is 65.9 Å². The molecule has 10 heteroatoms. The fourth-order valence-corrected chi connectivity index (χ4v) is 3.98. The van der Waals surface area contributed by atoms with Crippen molar-refractivity contribution in [1.29, 1.82) is 0 Å². The fourth-order valence-electron chi connectivity index (χ4n) is 3.00. The second kappa shape index (κ2) is 11.6. The number of ether oxygens (including phenoxy) is 2. The van der Waals surface area contributed by atoms with Crippen LogP contribution in [0.5, 0.6) is 11.5 Å². The third-order valence-corrected chi connectivity index (χ3v) is 6.24. The SMILES string of the molecule is COc1cc(C=CC(=O)Nc2ccc(S(=O)(=O)Nc3cc(C)on3)cc2)ccc1OCCC(C)C. The fraction of sp³-hybridized carbons (Fsp3) is 0.280. The summed E-state index contributed by atoms with van der Waals surface area (Å²) in [5, 5.41) is 6.32. The third-order valence-electron chi connectivity index (χ3n) is 4.87. The number of methoxy groups -OCH3 is 1. The lowest BCUT2D eigenvalue weighted by molar-refractivity contribution is -0.111. The van der Waals surface area contributed by atoms with Gasteiger partial charge in [-0.1, -0.05) is 25.1 Å². The minimum Gasteiger partial charge on any atom is -0.493 e. The molecule has 9 nitrogen and oxygen atoms in total. The number of benzene rings is 2. The highest BCUT2D eigenvalue weighted by molar-refractivity contribution is 7.92. The summed E-state index contributed by atoms with van der Waals surface area (Å²) in [7, 11) is -2.27. The molecule has 1 heterocycles. The summed E-state index contributed by atoms with van der Waals surface area (Å²) in [5.41, 5.74) is 1.21. The molecule has 0 aliphatic rings. The largest absolute Gasteiger partial charge is 0.493 e. The van der Waals surface area contributed by atoms with Crippen molar-refractivity contribution in [3.8, 4) is 11.5 Å². The highest BCUT2D eigenvalue weighted by Crippen LogP contribution is 2.29. The predicted octanol–water partition coefficient (Wildman–Crippen LogP) is 4.87. The maximum absolute atomic E-state index is 12.5. The van der Waals surface area contributed by atoms with Gasteiger partial charge in [-0.2, -0.15) is 0 Å². The van der Waals surface area contributed by atoms with Crippen LogP contribution in [0.3, 0.4) is 0 Å². The quantitative estimate of drug-likeness (QED) is 0.361. The zero-order chi connectivity index (χ0) is 25.4. The normalized spacial score (nSPS) is 11.6. The molecule has 0 radical (unpaired) electrons. The number of carbonyl (C=O) groups is 1. The molecule has 0 aliphatic carbocycles. The van der Waals surface area contributed by atoms with Gasteiger partial charge in [0.1, 0.15) is 5.76 Å². The van der Waals surface area contributed by atoms with Crippen LogP contribution < -0.4 is 19.5 Å². The first-order chi connectivity index (χ1) is 16.7. The molecule has 1 aromatic heterocycles. The van der Waals surface area contributed by atoms with Crippen LogP contribution in [-0.4, -0.2) is 33.2 Å². The summed E-state index contributed by atoms with van der Waals surface area (Å²) in [4.78, 5) is 12.4. The van der Waals surface area contributed by atoms with Crippen LogP contribution in [0.25, 0.3) is 6.08 Å². The van der Waals surface area contributed by atoms with Crippen molar-refractivity contribution in [2.24, 2.45) is 5.92 Å². The van der Waals surface area contributed by atoms with Gasteiger partial charge in [0.05, 0.1) is 18.6 Å². The molecule has 0 spiro atoms. The molecular weight excluding hydrogens is 470 g/mol. The minimum atomic E-state index is -3.83. The van der Waals surface area contributed by atoms with Gasteiger partial charge in [-0.15, -0.1) is 0 Å². The number of sulfonamides is 1. The summed E-state index contributed by atoms with van der Waals surface area (Å²) in [6.45, 7) is 6.52. The number of nitrogens with zero attached hydrogens (tertiary/aromatic N) is 1. The summed E-state index contributed by atoms with van der Waals surface area (Å²) >= 11 is 0. The molecule has 3 aromatic rings. The highest BCUT2D eigenvalue weighted by Gasteiger charge is 2.16. The molecule has 1 amide bonds. The molecule has 3 rings (SSSR count). The number of anilines is 2. The van der Waals surface area contributed by atoms with Crippen molar-refractivity contribution >= 4 is 33.5 Å². The van der Waals surface area contributed by atoms with Gasteiger partial charge in [0.15, 0.2) is 17.3 Å². The minimum absolute atomic E-state index is 0.0227. The Morgan fingerprint density at radius 3 is 2.49 bits per heavy atom. The third kappa shape index (κ3) is 7.61. The Bertz CT molecular complexity index is 1280. The lowest BCUT2D eigenvalue weighted by atomic mass is 10.1. The maximum atomic E-state index is 12.5. The van der Waals surface area contributed by atoms with E-state index in [9.17, 15) is 13.2 Å². The molecule has 186 valence electrons.